The number of carbonyl (C=O) groups is 1. The SMILES string of the molecule is O=C(NCCSc1nc2ccccc2c(=O)n1CCC1=CCCCC1)OCC(F)(F)F. The molecule has 1 amide bonds. The average Bonchev–Trinajstić information content (AvgIpc) is 2.75. The molecule has 168 valence electrons. The van der Waals surface area contributed by atoms with E-state index in [0.717, 1.165) is 25.7 Å². The van der Waals surface area contributed by atoms with Crippen LogP contribution in [0, 0.1) is 0 Å². The fourth-order valence-electron chi connectivity index (χ4n) is 3.34. The molecular formula is C21H24F3N3O3S. The Hall–Kier alpha value is -2.49. The third-order valence-electron chi connectivity index (χ3n) is 4.84. The van der Waals surface area contributed by atoms with Gasteiger partial charge in [-0.05, 0) is 44.2 Å². The fraction of sp³-hybridized carbons (Fsp3) is 0.476. The van der Waals surface area contributed by atoms with Gasteiger partial charge in [-0.1, -0.05) is 35.5 Å². The van der Waals surface area contributed by atoms with Gasteiger partial charge in [0, 0.05) is 18.8 Å². The van der Waals surface area contributed by atoms with Gasteiger partial charge >= 0.3 is 12.3 Å². The van der Waals surface area contributed by atoms with Gasteiger partial charge in [0.15, 0.2) is 11.8 Å². The van der Waals surface area contributed by atoms with Crippen LogP contribution in [0.5, 0.6) is 0 Å². The highest BCUT2D eigenvalue weighted by molar-refractivity contribution is 7.99. The van der Waals surface area contributed by atoms with Crippen molar-refractivity contribution >= 4 is 28.8 Å². The van der Waals surface area contributed by atoms with Crippen LogP contribution in [0.3, 0.4) is 0 Å². The molecule has 1 aromatic carbocycles. The maximum Gasteiger partial charge on any atom is 0.422 e. The molecule has 0 radical (unpaired) electrons. The number of halogens is 3. The Balaban J connectivity index is 1.65. The van der Waals surface area contributed by atoms with E-state index < -0.39 is 18.9 Å². The minimum Gasteiger partial charge on any atom is -0.440 e. The van der Waals surface area contributed by atoms with Crippen LogP contribution < -0.4 is 10.9 Å². The first-order chi connectivity index (χ1) is 14.8. The predicted molar refractivity (Wildman–Crippen MR) is 113 cm³/mol. The third-order valence-corrected chi connectivity index (χ3v) is 5.82. The van der Waals surface area contributed by atoms with E-state index in [4.69, 9.17) is 0 Å². The van der Waals surface area contributed by atoms with Crippen molar-refractivity contribution in [2.24, 2.45) is 0 Å². The molecule has 0 aliphatic heterocycles. The molecule has 1 aliphatic rings. The zero-order valence-electron chi connectivity index (χ0n) is 16.9. The van der Waals surface area contributed by atoms with E-state index in [1.165, 1.54) is 23.8 Å². The molecule has 0 saturated carbocycles. The Morgan fingerprint density at radius 2 is 2.06 bits per heavy atom. The second-order valence-electron chi connectivity index (χ2n) is 7.19. The first-order valence-electron chi connectivity index (χ1n) is 10.1. The van der Waals surface area contributed by atoms with Gasteiger partial charge < -0.3 is 10.1 Å². The van der Waals surface area contributed by atoms with Crippen LogP contribution in [0.15, 0.2) is 45.9 Å². The molecule has 31 heavy (non-hydrogen) atoms. The Bertz CT molecular complexity index is 1000. The summed E-state index contributed by atoms with van der Waals surface area (Å²) in [7, 11) is 0. The van der Waals surface area contributed by atoms with Crippen LogP contribution in [0.1, 0.15) is 32.1 Å². The van der Waals surface area contributed by atoms with Gasteiger partial charge in [0.1, 0.15) is 0 Å². The van der Waals surface area contributed by atoms with E-state index in [9.17, 15) is 22.8 Å². The summed E-state index contributed by atoms with van der Waals surface area (Å²) in [6, 6.07) is 7.11. The van der Waals surface area contributed by atoms with Crippen LogP contribution in [0.25, 0.3) is 10.9 Å². The third kappa shape index (κ3) is 7.02. The summed E-state index contributed by atoms with van der Waals surface area (Å²) in [4.78, 5) is 29.0. The van der Waals surface area contributed by atoms with Gasteiger partial charge in [0.2, 0.25) is 0 Å². The molecule has 2 aromatic rings. The van der Waals surface area contributed by atoms with Crippen molar-refractivity contribution in [1.82, 2.24) is 14.9 Å². The Kier molecular flexibility index (Phi) is 8.00. The van der Waals surface area contributed by atoms with Crippen molar-refractivity contribution in [1.29, 1.82) is 0 Å². The van der Waals surface area contributed by atoms with E-state index in [-0.39, 0.29) is 12.1 Å². The van der Waals surface area contributed by atoms with Gasteiger partial charge in [-0.25, -0.2) is 9.78 Å². The summed E-state index contributed by atoms with van der Waals surface area (Å²) in [5.74, 6) is 0.328. The minimum absolute atomic E-state index is 0.0786. The number of carbonyl (C=O) groups excluding carboxylic acids is 1. The lowest BCUT2D eigenvalue weighted by Gasteiger charge is -2.16. The Labute approximate surface area is 181 Å². The van der Waals surface area contributed by atoms with Crippen LogP contribution in [-0.4, -0.2) is 40.7 Å². The molecule has 6 nitrogen and oxygen atoms in total. The molecule has 3 rings (SSSR count). The van der Waals surface area contributed by atoms with Crippen LogP contribution >= 0.6 is 11.8 Å². The zero-order chi connectivity index (χ0) is 22.3. The van der Waals surface area contributed by atoms with Gasteiger partial charge in [-0.3, -0.25) is 9.36 Å². The normalized spacial score (nSPS) is 14.4. The number of nitrogens with zero attached hydrogens (tertiary/aromatic N) is 2. The van der Waals surface area contributed by atoms with Crippen molar-refractivity contribution in [3.8, 4) is 0 Å². The number of ether oxygens (including phenoxy) is 1. The Morgan fingerprint density at radius 3 is 2.81 bits per heavy atom. The number of thioether (sulfide) groups is 1. The number of allylic oxidation sites excluding steroid dienone is 2. The van der Waals surface area contributed by atoms with E-state index in [2.05, 4.69) is 21.1 Å². The first kappa shape index (κ1) is 23.2. The molecule has 1 aromatic heterocycles. The van der Waals surface area contributed by atoms with Crippen molar-refractivity contribution < 1.29 is 22.7 Å². The number of hydrogen-bond donors (Lipinski definition) is 1. The molecule has 0 saturated heterocycles. The number of para-hydroxylation sites is 1. The lowest BCUT2D eigenvalue weighted by atomic mass is 9.97. The van der Waals surface area contributed by atoms with Gasteiger partial charge in [-0.15, -0.1) is 0 Å². The van der Waals surface area contributed by atoms with Crippen molar-refractivity contribution in [2.75, 3.05) is 18.9 Å². The lowest BCUT2D eigenvalue weighted by Crippen LogP contribution is -2.30. The molecular weight excluding hydrogens is 431 g/mol. The molecule has 1 heterocycles. The molecule has 10 heteroatoms. The lowest BCUT2D eigenvalue weighted by molar-refractivity contribution is -0.160. The van der Waals surface area contributed by atoms with Crippen LogP contribution in [0.2, 0.25) is 0 Å². The van der Waals surface area contributed by atoms with Crippen molar-refractivity contribution in [2.45, 2.75) is 50.0 Å². The summed E-state index contributed by atoms with van der Waals surface area (Å²) in [5.41, 5.74) is 1.80. The number of aromatic nitrogens is 2. The summed E-state index contributed by atoms with van der Waals surface area (Å²) >= 11 is 1.27. The topological polar surface area (TPSA) is 73.2 Å². The van der Waals surface area contributed by atoms with Gasteiger partial charge in [0.05, 0.1) is 10.9 Å². The van der Waals surface area contributed by atoms with E-state index in [1.54, 1.807) is 28.8 Å². The highest BCUT2D eigenvalue weighted by Gasteiger charge is 2.29. The number of fused-ring (bicyclic) bond motifs is 1. The number of nitrogens with one attached hydrogen (secondary N) is 1. The smallest absolute Gasteiger partial charge is 0.422 e. The summed E-state index contributed by atoms with van der Waals surface area (Å²) in [6.07, 6.45) is 1.79. The van der Waals surface area contributed by atoms with E-state index in [0.29, 0.717) is 28.4 Å². The maximum absolute atomic E-state index is 13.0. The minimum atomic E-state index is -4.56. The van der Waals surface area contributed by atoms with Crippen LogP contribution in [-0.2, 0) is 11.3 Å². The van der Waals surface area contributed by atoms with Gasteiger partial charge in [-0.2, -0.15) is 13.2 Å². The fourth-order valence-corrected chi connectivity index (χ4v) is 4.22. The number of hydrogen-bond acceptors (Lipinski definition) is 5. The number of amides is 1. The molecule has 0 atom stereocenters. The Morgan fingerprint density at radius 1 is 1.26 bits per heavy atom. The summed E-state index contributed by atoms with van der Waals surface area (Å²) in [6.45, 7) is -1.05. The summed E-state index contributed by atoms with van der Waals surface area (Å²) in [5, 5.41) is 3.33. The number of alkyl carbamates (subject to hydrolysis) is 1. The standard InChI is InChI=1S/C21H24F3N3O3S/c22-21(23,24)14-30-20(29)25-11-13-31-19-26-17-9-5-4-8-16(17)18(28)27(19)12-10-15-6-2-1-3-7-15/h4-6,8-9H,1-3,7,10-14H2,(H,25,29). The molecule has 1 aliphatic carbocycles. The second kappa shape index (κ2) is 10.7. The summed E-state index contributed by atoms with van der Waals surface area (Å²) < 4.78 is 42.0. The largest absolute Gasteiger partial charge is 0.440 e. The highest BCUT2D eigenvalue weighted by Crippen LogP contribution is 2.23. The maximum atomic E-state index is 13.0. The first-order valence-corrected chi connectivity index (χ1v) is 11.1. The van der Waals surface area contributed by atoms with E-state index >= 15 is 0 Å². The number of alkyl halides is 3. The van der Waals surface area contributed by atoms with Crippen molar-refractivity contribution in [3.05, 3.63) is 46.3 Å². The molecule has 0 fully saturated rings. The van der Waals surface area contributed by atoms with E-state index in [1.807, 2.05) is 0 Å². The molecule has 0 unspecified atom stereocenters. The molecule has 0 spiro atoms. The number of benzene rings is 1. The average molecular weight is 456 g/mol. The van der Waals surface area contributed by atoms with Crippen molar-refractivity contribution in [3.63, 3.8) is 0 Å². The van der Waals surface area contributed by atoms with Crippen LogP contribution in [0.4, 0.5) is 18.0 Å². The predicted octanol–water partition coefficient (Wildman–Crippen LogP) is 4.67. The number of rotatable bonds is 8. The van der Waals surface area contributed by atoms with Gasteiger partial charge in [0.25, 0.3) is 5.56 Å². The zero-order valence-corrected chi connectivity index (χ0v) is 17.7. The second-order valence-corrected chi connectivity index (χ2v) is 8.26. The quantitative estimate of drug-likeness (QED) is 0.271. The molecule has 0 bridgehead atoms. The monoisotopic (exact) mass is 455 g/mol. The molecule has 1 N–H and O–H groups in total. The highest BCUT2D eigenvalue weighted by atomic mass is 32.2.